The molecule has 20 N–H and O–H groups in total. The van der Waals surface area contributed by atoms with Gasteiger partial charge < -0.3 is 95.9 Å². The highest BCUT2D eigenvalue weighted by molar-refractivity contribution is 6.30. The number of aliphatic hydroxyl groups excluding tert-OH is 1. The minimum Gasteiger partial charge on any atom is -0.394 e. The quantitative estimate of drug-likeness (QED) is 0.0244. The molecule has 17 amide bonds. The molecule has 2 fully saturated rings. The van der Waals surface area contributed by atoms with Crippen molar-refractivity contribution in [2.24, 2.45) is 17.4 Å². The first-order chi connectivity index (χ1) is 58.7. The molecule has 2 aliphatic heterocycles. The number of benzene rings is 6. The number of nitrogens with one attached hydrogen (secondary N) is 15. The van der Waals surface area contributed by atoms with E-state index in [9.17, 15) is 48.3 Å². The van der Waals surface area contributed by atoms with Gasteiger partial charge >= 0.3 is 12.1 Å². The Bertz CT molecular complexity index is 4950. The SMILES string of the molecule is CC(=O)N[C@H](Cc1ccc2ccccc2c1)C(=O)N[C@H](Cc1ccc(Cl)cc1)C(=O)N[C@@H](CCNc1ccc2ccccc2n1)C(=O)N[C@@H](CO)C(=O)N[C@@H](Cc1ccc(NC(=O)[C@@H]2CC(=O)NC(=O)N2)cc1)C(=O)N[C@@H](Cc1ccc(NC(N)=O)cc1)C(=O)N[C@@H](CC(C)C)C(=O)N[C@@H](CCCCNC(C)C)C(=O)N1CCC[C@H]1C(=O)N[C@H](C)C(N)=O. The van der Waals surface area contributed by atoms with Gasteiger partial charge in [0.05, 0.1) is 18.5 Å². The number of nitrogens with zero attached hydrogens (tertiary/aromatic N) is 2. The van der Waals surface area contributed by atoms with Gasteiger partial charge in [-0.15, -0.1) is 0 Å². The molecule has 7 aromatic rings. The summed E-state index contributed by atoms with van der Waals surface area (Å²) in [6.07, 6.45) is 0.142. The molecule has 1 aromatic heterocycles. The fourth-order valence-electron chi connectivity index (χ4n) is 14.2. The van der Waals surface area contributed by atoms with Crippen LogP contribution >= 0.6 is 11.6 Å². The number of carbonyl (C=O) groups is 15. The first-order valence-electron chi connectivity index (χ1n) is 40.9. The van der Waals surface area contributed by atoms with Crippen LogP contribution in [0.15, 0.2) is 152 Å². The van der Waals surface area contributed by atoms with Gasteiger partial charge in [-0.3, -0.25) is 67.6 Å². The number of urea groups is 2. The van der Waals surface area contributed by atoms with Crippen molar-refractivity contribution in [3.63, 3.8) is 0 Å². The Morgan fingerprint density at radius 3 is 1.59 bits per heavy atom. The summed E-state index contributed by atoms with van der Waals surface area (Å²) in [5.74, 6) is -10.6. The van der Waals surface area contributed by atoms with Crippen molar-refractivity contribution in [1.29, 1.82) is 0 Å². The molecule has 0 saturated carbocycles. The van der Waals surface area contributed by atoms with E-state index in [1.807, 2.05) is 74.5 Å². The molecule has 0 aliphatic carbocycles. The predicted molar refractivity (Wildman–Crippen MR) is 461 cm³/mol. The van der Waals surface area contributed by atoms with E-state index in [4.69, 9.17) is 23.1 Å². The third-order valence-electron chi connectivity index (χ3n) is 20.6. The van der Waals surface area contributed by atoms with Crippen LogP contribution in [0.5, 0.6) is 0 Å². The molecule has 123 heavy (non-hydrogen) atoms. The van der Waals surface area contributed by atoms with Gasteiger partial charge in [0.1, 0.15) is 72.3 Å². The molecule has 0 spiro atoms. The Morgan fingerprint density at radius 1 is 0.520 bits per heavy atom. The molecule has 36 heteroatoms. The monoisotopic (exact) mass is 1710 g/mol. The number of halogens is 1. The number of aliphatic hydroxyl groups is 1. The Morgan fingerprint density at radius 2 is 1.02 bits per heavy atom. The molecule has 654 valence electrons. The van der Waals surface area contributed by atoms with E-state index in [0.29, 0.717) is 58.9 Å². The summed E-state index contributed by atoms with van der Waals surface area (Å²) in [4.78, 5) is 215. The molecule has 0 unspecified atom stereocenters. The smallest absolute Gasteiger partial charge is 0.322 e. The average molecular weight is 1710 g/mol. The second kappa shape index (κ2) is 45.5. The first-order valence-corrected chi connectivity index (χ1v) is 41.2. The van der Waals surface area contributed by atoms with Crippen LogP contribution in [-0.4, -0.2) is 203 Å². The topological polar surface area (TPSA) is 525 Å². The number of unbranched alkanes of at least 4 members (excludes halogenated alkanes) is 1. The van der Waals surface area contributed by atoms with E-state index in [0.717, 1.165) is 16.2 Å². The van der Waals surface area contributed by atoms with Crippen molar-refractivity contribution in [3.8, 4) is 0 Å². The Labute approximate surface area is 716 Å². The lowest BCUT2D eigenvalue weighted by atomic mass is 9.99. The van der Waals surface area contributed by atoms with Crippen LogP contribution in [0.25, 0.3) is 21.7 Å². The number of anilines is 3. The van der Waals surface area contributed by atoms with Crippen LogP contribution in [-0.2, 0) is 88.0 Å². The van der Waals surface area contributed by atoms with Gasteiger partial charge in [0.15, 0.2) is 0 Å². The molecule has 11 atom stereocenters. The number of fused-ring (bicyclic) bond motifs is 2. The summed E-state index contributed by atoms with van der Waals surface area (Å²) < 4.78 is 0. The van der Waals surface area contributed by atoms with Crippen LogP contribution < -0.4 is 91.2 Å². The molecule has 6 aromatic carbocycles. The second-order valence-corrected chi connectivity index (χ2v) is 31.7. The molecule has 3 heterocycles. The molecule has 35 nitrogen and oxygen atoms in total. The number of para-hydroxylation sites is 1. The van der Waals surface area contributed by atoms with E-state index in [2.05, 4.69) is 84.7 Å². The van der Waals surface area contributed by atoms with Gasteiger partial charge in [-0.05, 0) is 152 Å². The van der Waals surface area contributed by atoms with E-state index < -0.39 is 168 Å². The van der Waals surface area contributed by atoms with E-state index >= 15 is 28.8 Å². The Balaban J connectivity index is 1.02. The fourth-order valence-corrected chi connectivity index (χ4v) is 14.3. The number of imide groups is 1. The van der Waals surface area contributed by atoms with Gasteiger partial charge in [-0.1, -0.05) is 136 Å². The molecular weight excluding hydrogens is 1600 g/mol. The minimum absolute atomic E-state index is 0.00238. The number of likely N-dealkylation sites (tertiary alicyclic amines) is 1. The zero-order chi connectivity index (χ0) is 89.0. The van der Waals surface area contributed by atoms with Crippen LogP contribution in [0.3, 0.4) is 0 Å². The van der Waals surface area contributed by atoms with Gasteiger partial charge in [0.2, 0.25) is 76.8 Å². The third-order valence-corrected chi connectivity index (χ3v) is 20.9. The van der Waals surface area contributed by atoms with Crippen LogP contribution in [0.2, 0.25) is 5.02 Å². The Kier molecular flexibility index (Phi) is 34.7. The summed E-state index contributed by atoms with van der Waals surface area (Å²) >= 11 is 6.31. The lowest BCUT2D eigenvalue weighted by Gasteiger charge is -2.31. The first kappa shape index (κ1) is 93.7. The number of carbonyl (C=O) groups excluding carboxylic acids is 15. The lowest BCUT2D eigenvalue weighted by Crippen LogP contribution is -2.61. The van der Waals surface area contributed by atoms with Crippen molar-refractivity contribution < 1.29 is 77.0 Å². The number of amides is 17. The number of pyridine rings is 1. The van der Waals surface area contributed by atoms with Crippen LogP contribution in [0.1, 0.15) is 115 Å². The van der Waals surface area contributed by atoms with Crippen LogP contribution in [0, 0.1) is 5.92 Å². The van der Waals surface area contributed by atoms with Gasteiger partial charge in [-0.25, -0.2) is 14.6 Å². The van der Waals surface area contributed by atoms with Gasteiger partial charge in [0, 0.05) is 73.5 Å². The molecule has 0 radical (unpaired) electrons. The van der Waals surface area contributed by atoms with Crippen molar-refractivity contribution in [2.45, 2.75) is 191 Å². The summed E-state index contributed by atoms with van der Waals surface area (Å²) in [7, 11) is 0. The number of hydrogen-bond acceptors (Lipinski definition) is 19. The summed E-state index contributed by atoms with van der Waals surface area (Å²) in [5, 5.41) is 54.7. The maximum absolute atomic E-state index is 15.6. The van der Waals surface area contributed by atoms with E-state index in [-0.39, 0.29) is 93.4 Å². The van der Waals surface area contributed by atoms with Crippen molar-refractivity contribution in [1.82, 2.24) is 73.7 Å². The second-order valence-electron chi connectivity index (χ2n) is 31.3. The summed E-state index contributed by atoms with van der Waals surface area (Å²) in [6.45, 7) is 9.66. The van der Waals surface area contributed by atoms with Crippen molar-refractivity contribution in [3.05, 3.63) is 179 Å². The lowest BCUT2D eigenvalue weighted by molar-refractivity contribution is -0.142. The number of rotatable bonds is 43. The van der Waals surface area contributed by atoms with Gasteiger partial charge in [0.25, 0.3) is 0 Å². The largest absolute Gasteiger partial charge is 0.394 e. The number of nitrogens with two attached hydrogens (primary N) is 2. The minimum atomic E-state index is -1.94. The third kappa shape index (κ3) is 29.0. The molecule has 2 saturated heterocycles. The summed E-state index contributed by atoms with van der Waals surface area (Å²) in [5.41, 5.74) is 13.8. The highest BCUT2D eigenvalue weighted by Crippen LogP contribution is 2.24. The standard InChI is InChI=1S/C87H108ClN19O16/c1-48(2)40-65(78(114)99-64(18-11-12-37-91-49(3)4)85(121)107-39-13-19-72(107)84(120)93-50(5)75(89)111)100-81(117)68(43-54-25-33-61(34-26-54)96-86(90)122)102-82(118)69(44-53-23-31-60(32-24-53)95-77(113)70-46-74(110)106-87(123)105-70)103-83(119)71(47-108)104-76(112)63(36-38-92-73-35-28-57-15-9-10-17-62(57)97-73)98-80(116)67(42-52-21-29-59(88)30-22-52)101-79(115)66(94-51(6)109)45-55-20-27-56-14-7-8-16-58(56)41-55/h7-10,14-17,20-35,41,48-50,63-72,91,108H,11-13,18-19,36-40,42-47H2,1-6H3,(H2,89,111)(H,92,97)(H,93,120)(H,94,109)(H,95,113)(H,98,116)(H,99,114)(H,100,117)(H,101,115)(H,102,118)(H,103,119)(H,104,112)(H3,90,96,122)(H2,105,106,110,123)/t50-,63+,64+,65+,66-,67-,68+,69+,70+,71+,72+/m1/s1. The summed E-state index contributed by atoms with van der Waals surface area (Å²) in [6, 6.07) is 24.9. The highest BCUT2D eigenvalue weighted by atomic mass is 35.5. The number of primary amides is 2. The normalized spacial score (nSPS) is 15.9. The van der Waals surface area contributed by atoms with Crippen LogP contribution in [0.4, 0.5) is 26.8 Å². The molecule has 9 rings (SSSR count). The zero-order valence-corrected chi connectivity index (χ0v) is 70.0. The maximum atomic E-state index is 15.6. The van der Waals surface area contributed by atoms with E-state index in [1.165, 1.54) is 67.3 Å². The van der Waals surface area contributed by atoms with Gasteiger partial charge in [-0.2, -0.15) is 0 Å². The number of aromatic nitrogens is 1. The van der Waals surface area contributed by atoms with E-state index in [1.54, 1.807) is 56.3 Å². The zero-order valence-electron chi connectivity index (χ0n) is 69.3. The number of hydrogen-bond donors (Lipinski definition) is 18. The maximum Gasteiger partial charge on any atom is 0.322 e. The van der Waals surface area contributed by atoms with Crippen molar-refractivity contribution >= 4 is 139 Å². The van der Waals surface area contributed by atoms with Crippen molar-refractivity contribution in [2.75, 3.05) is 42.2 Å². The fraction of sp³-hybridized carbons (Fsp3) is 0.402. The molecular formula is C87H108ClN19O16. The molecule has 2 aliphatic rings. The Hall–Kier alpha value is -13.2. The molecule has 0 bridgehead atoms. The predicted octanol–water partition coefficient (Wildman–Crippen LogP) is 2.93. The average Bonchev–Trinajstić information content (AvgIpc) is 1.47. The highest BCUT2D eigenvalue weighted by Gasteiger charge is 2.41.